The van der Waals surface area contributed by atoms with Gasteiger partial charge in [0.1, 0.15) is 6.23 Å². The minimum Gasteiger partial charge on any atom is -0.372 e. The van der Waals surface area contributed by atoms with Crippen molar-refractivity contribution in [2.75, 3.05) is 5.32 Å². The Bertz CT molecular complexity index is 385. The highest BCUT2D eigenvalue weighted by molar-refractivity contribution is 5.42. The van der Waals surface area contributed by atoms with Crippen LogP contribution in [-0.2, 0) is 6.54 Å². The molecular weight excluding hydrogens is 190 g/mol. The number of nitrogens with one attached hydrogen (secondary N) is 1. The molecule has 2 rings (SSSR count). The van der Waals surface area contributed by atoms with Crippen LogP contribution in [0.1, 0.15) is 0 Å². The van der Waals surface area contributed by atoms with Gasteiger partial charge < -0.3 is 15.0 Å². The number of aliphatic hydroxyl groups is 1. The molecule has 0 bridgehead atoms. The smallest absolute Gasteiger partial charge is 0.142 e. The van der Waals surface area contributed by atoms with E-state index in [0.29, 0.717) is 6.54 Å². The number of anilines is 1. The Morgan fingerprint density at radius 1 is 1.33 bits per heavy atom. The van der Waals surface area contributed by atoms with E-state index in [4.69, 9.17) is 0 Å². The van der Waals surface area contributed by atoms with E-state index in [0.717, 1.165) is 5.69 Å². The summed E-state index contributed by atoms with van der Waals surface area (Å²) >= 11 is 0. The van der Waals surface area contributed by atoms with Crippen LogP contribution in [0.15, 0.2) is 49.1 Å². The van der Waals surface area contributed by atoms with Gasteiger partial charge in [-0.15, -0.1) is 0 Å². The highest BCUT2D eigenvalue weighted by atomic mass is 16.3. The van der Waals surface area contributed by atoms with Gasteiger partial charge in [-0.3, -0.25) is 0 Å². The fourth-order valence-electron chi connectivity index (χ4n) is 1.37. The van der Waals surface area contributed by atoms with Crippen molar-refractivity contribution in [1.82, 2.24) is 9.55 Å². The SMILES string of the molecule is OC(Cn1ccnc1)Nc1ccccc1. The molecule has 0 aliphatic rings. The van der Waals surface area contributed by atoms with Crippen LogP contribution in [0.4, 0.5) is 5.69 Å². The number of aliphatic hydroxyl groups excluding tert-OH is 1. The third kappa shape index (κ3) is 2.82. The lowest BCUT2D eigenvalue weighted by Gasteiger charge is -2.14. The quantitative estimate of drug-likeness (QED) is 0.737. The molecular formula is C11H13N3O. The second-order valence-electron chi connectivity index (χ2n) is 3.29. The monoisotopic (exact) mass is 203 g/mol. The van der Waals surface area contributed by atoms with Crippen LogP contribution in [0.5, 0.6) is 0 Å². The van der Waals surface area contributed by atoms with Gasteiger partial charge in [-0.2, -0.15) is 0 Å². The summed E-state index contributed by atoms with van der Waals surface area (Å²) in [7, 11) is 0. The Labute approximate surface area is 88.2 Å². The first-order valence-corrected chi connectivity index (χ1v) is 4.80. The van der Waals surface area contributed by atoms with E-state index in [1.165, 1.54) is 0 Å². The van der Waals surface area contributed by atoms with Crippen molar-refractivity contribution in [2.45, 2.75) is 12.8 Å². The molecule has 0 amide bonds. The Morgan fingerprint density at radius 2 is 2.13 bits per heavy atom. The Morgan fingerprint density at radius 3 is 2.80 bits per heavy atom. The minimum absolute atomic E-state index is 0.481. The zero-order valence-corrected chi connectivity index (χ0v) is 8.24. The molecule has 0 aliphatic carbocycles. The zero-order valence-electron chi connectivity index (χ0n) is 8.24. The molecule has 4 nitrogen and oxygen atoms in total. The molecule has 0 spiro atoms. The molecule has 0 fully saturated rings. The maximum Gasteiger partial charge on any atom is 0.142 e. The van der Waals surface area contributed by atoms with Crippen molar-refractivity contribution in [2.24, 2.45) is 0 Å². The average molecular weight is 203 g/mol. The van der Waals surface area contributed by atoms with Crippen molar-refractivity contribution < 1.29 is 5.11 Å². The summed E-state index contributed by atoms with van der Waals surface area (Å²) in [5.41, 5.74) is 0.908. The number of para-hydroxylation sites is 1. The molecule has 0 saturated heterocycles. The number of rotatable bonds is 4. The second kappa shape index (κ2) is 4.61. The fourth-order valence-corrected chi connectivity index (χ4v) is 1.37. The van der Waals surface area contributed by atoms with Crippen LogP contribution >= 0.6 is 0 Å². The van der Waals surface area contributed by atoms with Gasteiger partial charge in [0.2, 0.25) is 0 Å². The maximum atomic E-state index is 9.71. The maximum absolute atomic E-state index is 9.71. The van der Waals surface area contributed by atoms with Gasteiger partial charge in [0.05, 0.1) is 12.9 Å². The van der Waals surface area contributed by atoms with Crippen molar-refractivity contribution in [1.29, 1.82) is 0 Å². The highest BCUT2D eigenvalue weighted by Crippen LogP contribution is 2.06. The van der Waals surface area contributed by atoms with Crippen LogP contribution < -0.4 is 5.32 Å². The van der Waals surface area contributed by atoms with Gasteiger partial charge in [-0.1, -0.05) is 18.2 Å². The lowest BCUT2D eigenvalue weighted by atomic mass is 10.3. The molecule has 1 heterocycles. The predicted octanol–water partition coefficient (Wildman–Crippen LogP) is 1.31. The lowest BCUT2D eigenvalue weighted by molar-refractivity contribution is 0.182. The first kappa shape index (κ1) is 9.73. The summed E-state index contributed by atoms with van der Waals surface area (Å²) in [6.45, 7) is 0.481. The Balaban J connectivity index is 1.90. The van der Waals surface area contributed by atoms with Gasteiger partial charge in [-0.25, -0.2) is 4.98 Å². The van der Waals surface area contributed by atoms with Crippen molar-refractivity contribution >= 4 is 5.69 Å². The van der Waals surface area contributed by atoms with Crippen LogP contribution in [-0.4, -0.2) is 20.9 Å². The number of hydrogen-bond acceptors (Lipinski definition) is 3. The highest BCUT2D eigenvalue weighted by Gasteiger charge is 2.03. The lowest BCUT2D eigenvalue weighted by Crippen LogP contribution is -2.24. The number of imidazole rings is 1. The first-order valence-electron chi connectivity index (χ1n) is 4.80. The first-order chi connectivity index (χ1) is 7.34. The third-order valence-electron chi connectivity index (χ3n) is 2.05. The summed E-state index contributed by atoms with van der Waals surface area (Å²) in [5.74, 6) is 0. The van der Waals surface area contributed by atoms with E-state index in [1.54, 1.807) is 12.5 Å². The molecule has 0 aliphatic heterocycles. The average Bonchev–Trinajstić information content (AvgIpc) is 2.71. The van der Waals surface area contributed by atoms with E-state index >= 15 is 0 Å². The molecule has 1 aromatic carbocycles. The van der Waals surface area contributed by atoms with E-state index in [2.05, 4.69) is 10.3 Å². The Hall–Kier alpha value is -1.81. The second-order valence-corrected chi connectivity index (χ2v) is 3.29. The summed E-state index contributed by atoms with van der Waals surface area (Å²) in [6, 6.07) is 9.61. The van der Waals surface area contributed by atoms with E-state index < -0.39 is 6.23 Å². The number of benzene rings is 1. The third-order valence-corrected chi connectivity index (χ3v) is 2.05. The largest absolute Gasteiger partial charge is 0.372 e. The molecule has 1 atom stereocenters. The van der Waals surface area contributed by atoms with Gasteiger partial charge in [0.15, 0.2) is 0 Å². The topological polar surface area (TPSA) is 50.1 Å². The predicted molar refractivity (Wildman–Crippen MR) is 58.3 cm³/mol. The van der Waals surface area contributed by atoms with Gasteiger partial charge in [-0.05, 0) is 12.1 Å². The van der Waals surface area contributed by atoms with Crippen molar-refractivity contribution in [3.05, 3.63) is 49.1 Å². The van der Waals surface area contributed by atoms with E-state index in [-0.39, 0.29) is 0 Å². The molecule has 2 aromatic rings. The standard InChI is InChI=1S/C11H13N3O/c15-11(8-14-7-6-12-9-14)13-10-4-2-1-3-5-10/h1-7,9,11,13,15H,8H2. The van der Waals surface area contributed by atoms with Crippen LogP contribution in [0.3, 0.4) is 0 Å². The summed E-state index contributed by atoms with van der Waals surface area (Å²) in [5, 5.41) is 12.7. The van der Waals surface area contributed by atoms with E-state index in [9.17, 15) is 5.11 Å². The molecule has 4 heteroatoms. The molecule has 15 heavy (non-hydrogen) atoms. The van der Waals surface area contributed by atoms with E-state index in [1.807, 2.05) is 41.1 Å². The molecule has 2 N–H and O–H groups in total. The van der Waals surface area contributed by atoms with Gasteiger partial charge >= 0.3 is 0 Å². The molecule has 0 saturated carbocycles. The van der Waals surface area contributed by atoms with Crippen molar-refractivity contribution in [3.63, 3.8) is 0 Å². The summed E-state index contributed by atoms with van der Waals surface area (Å²) < 4.78 is 1.82. The molecule has 1 unspecified atom stereocenters. The minimum atomic E-state index is -0.610. The number of hydrogen-bond donors (Lipinski definition) is 2. The molecule has 0 radical (unpaired) electrons. The van der Waals surface area contributed by atoms with Crippen molar-refractivity contribution in [3.8, 4) is 0 Å². The fraction of sp³-hybridized carbons (Fsp3) is 0.182. The number of aromatic nitrogens is 2. The number of nitrogens with zero attached hydrogens (tertiary/aromatic N) is 2. The van der Waals surface area contributed by atoms with Gasteiger partial charge in [0, 0.05) is 18.1 Å². The van der Waals surface area contributed by atoms with Gasteiger partial charge in [0.25, 0.3) is 0 Å². The van der Waals surface area contributed by atoms with Crippen LogP contribution in [0, 0.1) is 0 Å². The summed E-state index contributed by atoms with van der Waals surface area (Å²) in [4.78, 5) is 3.91. The molecule has 1 aromatic heterocycles. The van der Waals surface area contributed by atoms with Crippen LogP contribution in [0.2, 0.25) is 0 Å². The Kier molecular flexibility index (Phi) is 2.99. The van der Waals surface area contributed by atoms with Crippen LogP contribution in [0.25, 0.3) is 0 Å². The molecule has 78 valence electrons. The zero-order chi connectivity index (χ0) is 10.5. The normalized spacial score (nSPS) is 12.3. The summed E-state index contributed by atoms with van der Waals surface area (Å²) in [6.07, 6.45) is 4.57.